The van der Waals surface area contributed by atoms with Crippen LogP contribution in [0, 0.1) is 11.8 Å². The van der Waals surface area contributed by atoms with E-state index in [4.69, 9.17) is 5.11 Å². The molecular weight excluding hydrogens is 128 g/mol. The van der Waals surface area contributed by atoms with E-state index in [1.165, 1.54) is 0 Å². The second-order valence-electron chi connectivity index (χ2n) is 3.13. The predicted molar refractivity (Wildman–Crippen MR) is 40.7 cm³/mol. The highest BCUT2D eigenvalue weighted by molar-refractivity contribution is 5.53. The van der Waals surface area contributed by atoms with Gasteiger partial charge in [-0.1, -0.05) is 13.8 Å². The van der Waals surface area contributed by atoms with E-state index in [1.807, 2.05) is 13.8 Å². The summed E-state index contributed by atoms with van der Waals surface area (Å²) in [7, 11) is 0. The van der Waals surface area contributed by atoms with Crippen molar-refractivity contribution in [3.05, 3.63) is 0 Å². The van der Waals surface area contributed by atoms with Crippen molar-refractivity contribution < 1.29 is 9.90 Å². The second kappa shape index (κ2) is 4.45. The number of hydrogen-bond acceptors (Lipinski definition) is 2. The summed E-state index contributed by atoms with van der Waals surface area (Å²) in [5, 5.41) is 8.94. The summed E-state index contributed by atoms with van der Waals surface area (Å²) in [4.78, 5) is 10.4. The van der Waals surface area contributed by atoms with E-state index in [2.05, 4.69) is 0 Å². The lowest BCUT2D eigenvalue weighted by Gasteiger charge is -2.14. The summed E-state index contributed by atoms with van der Waals surface area (Å²) in [6.07, 6.45) is 1.15. The number of rotatable bonds is 4. The Bertz CT molecular complexity index is 97.4. The van der Waals surface area contributed by atoms with Crippen LogP contribution in [-0.4, -0.2) is 17.5 Å². The number of aliphatic hydroxyl groups is 1. The highest BCUT2D eigenvalue weighted by Crippen LogP contribution is 2.13. The quantitative estimate of drug-likeness (QED) is 0.602. The van der Waals surface area contributed by atoms with Gasteiger partial charge in [0.25, 0.3) is 0 Å². The monoisotopic (exact) mass is 144 g/mol. The SMILES string of the molecule is CC(O)CC(C=O)C(C)C. The third-order valence-electron chi connectivity index (χ3n) is 1.64. The molecule has 0 radical (unpaired) electrons. The van der Waals surface area contributed by atoms with Crippen molar-refractivity contribution in [3.8, 4) is 0 Å². The van der Waals surface area contributed by atoms with Crippen LogP contribution in [0.25, 0.3) is 0 Å². The molecule has 2 atom stereocenters. The zero-order valence-corrected chi connectivity index (χ0v) is 6.87. The van der Waals surface area contributed by atoms with Crippen molar-refractivity contribution in [3.63, 3.8) is 0 Å². The zero-order valence-electron chi connectivity index (χ0n) is 6.87. The number of carbonyl (C=O) groups excluding carboxylic acids is 1. The molecule has 0 aromatic carbocycles. The summed E-state index contributed by atoms with van der Waals surface area (Å²) in [6, 6.07) is 0. The Morgan fingerprint density at radius 1 is 1.40 bits per heavy atom. The molecule has 0 aromatic rings. The van der Waals surface area contributed by atoms with E-state index < -0.39 is 0 Å². The van der Waals surface area contributed by atoms with E-state index in [-0.39, 0.29) is 12.0 Å². The molecule has 0 rings (SSSR count). The third-order valence-corrected chi connectivity index (χ3v) is 1.64. The maximum Gasteiger partial charge on any atom is 0.123 e. The molecule has 0 aliphatic heterocycles. The highest BCUT2D eigenvalue weighted by Gasteiger charge is 2.13. The molecule has 0 heterocycles. The Hall–Kier alpha value is -0.370. The number of aliphatic hydroxyl groups excluding tert-OH is 1. The minimum atomic E-state index is -0.363. The van der Waals surface area contributed by atoms with Crippen LogP contribution in [0.2, 0.25) is 0 Å². The lowest BCUT2D eigenvalue weighted by Crippen LogP contribution is -2.16. The van der Waals surface area contributed by atoms with E-state index in [9.17, 15) is 4.79 Å². The molecule has 10 heavy (non-hydrogen) atoms. The van der Waals surface area contributed by atoms with Gasteiger partial charge in [0, 0.05) is 5.92 Å². The standard InChI is InChI=1S/C8H16O2/c1-6(2)8(5-9)4-7(3)10/h5-8,10H,4H2,1-3H3. The Morgan fingerprint density at radius 2 is 1.90 bits per heavy atom. The lowest BCUT2D eigenvalue weighted by atomic mass is 9.92. The summed E-state index contributed by atoms with van der Waals surface area (Å²) in [5.41, 5.74) is 0. The Labute approximate surface area is 62.2 Å². The lowest BCUT2D eigenvalue weighted by molar-refractivity contribution is -0.113. The van der Waals surface area contributed by atoms with Crippen LogP contribution in [0.3, 0.4) is 0 Å². The summed E-state index contributed by atoms with van der Waals surface area (Å²) in [6.45, 7) is 5.68. The van der Waals surface area contributed by atoms with Gasteiger partial charge in [-0.15, -0.1) is 0 Å². The van der Waals surface area contributed by atoms with Crippen LogP contribution in [0.1, 0.15) is 27.2 Å². The molecular formula is C8H16O2. The maximum atomic E-state index is 10.4. The topological polar surface area (TPSA) is 37.3 Å². The number of hydrogen-bond donors (Lipinski definition) is 1. The van der Waals surface area contributed by atoms with Crippen molar-refractivity contribution in [2.45, 2.75) is 33.3 Å². The van der Waals surface area contributed by atoms with Gasteiger partial charge < -0.3 is 9.90 Å². The van der Waals surface area contributed by atoms with Crippen LogP contribution >= 0.6 is 0 Å². The predicted octanol–water partition coefficient (Wildman–Crippen LogP) is 1.23. The molecule has 0 spiro atoms. The van der Waals surface area contributed by atoms with Crippen molar-refractivity contribution in [2.24, 2.45) is 11.8 Å². The van der Waals surface area contributed by atoms with Gasteiger partial charge in [-0.25, -0.2) is 0 Å². The van der Waals surface area contributed by atoms with Crippen molar-refractivity contribution >= 4 is 6.29 Å². The third kappa shape index (κ3) is 3.62. The molecule has 2 nitrogen and oxygen atoms in total. The molecule has 2 heteroatoms. The first-order valence-corrected chi connectivity index (χ1v) is 3.71. The molecule has 2 unspecified atom stereocenters. The molecule has 0 aliphatic rings. The van der Waals surface area contributed by atoms with Gasteiger partial charge in [0.15, 0.2) is 0 Å². The minimum absolute atomic E-state index is 0.0139. The largest absolute Gasteiger partial charge is 0.393 e. The smallest absolute Gasteiger partial charge is 0.123 e. The van der Waals surface area contributed by atoms with Crippen molar-refractivity contribution in [1.82, 2.24) is 0 Å². The van der Waals surface area contributed by atoms with Gasteiger partial charge in [0.2, 0.25) is 0 Å². The molecule has 60 valence electrons. The number of carbonyl (C=O) groups is 1. The minimum Gasteiger partial charge on any atom is -0.393 e. The molecule has 0 bridgehead atoms. The van der Waals surface area contributed by atoms with Gasteiger partial charge in [-0.3, -0.25) is 0 Å². The average Bonchev–Trinajstić information content (AvgIpc) is 1.81. The summed E-state index contributed by atoms with van der Waals surface area (Å²) in [5.74, 6) is 0.354. The zero-order chi connectivity index (χ0) is 8.15. The Morgan fingerprint density at radius 3 is 2.00 bits per heavy atom. The fraction of sp³-hybridized carbons (Fsp3) is 0.875. The second-order valence-corrected chi connectivity index (χ2v) is 3.13. The molecule has 1 N–H and O–H groups in total. The van der Waals surface area contributed by atoms with Crippen LogP contribution in [-0.2, 0) is 4.79 Å². The van der Waals surface area contributed by atoms with E-state index in [0.29, 0.717) is 12.3 Å². The molecule has 0 amide bonds. The summed E-state index contributed by atoms with van der Waals surface area (Å²) >= 11 is 0. The fourth-order valence-electron chi connectivity index (χ4n) is 0.879. The van der Waals surface area contributed by atoms with Gasteiger partial charge in [0.05, 0.1) is 6.10 Å². The van der Waals surface area contributed by atoms with Crippen LogP contribution in [0.4, 0.5) is 0 Å². The summed E-state index contributed by atoms with van der Waals surface area (Å²) < 4.78 is 0. The Kier molecular flexibility index (Phi) is 4.28. The first-order valence-electron chi connectivity index (χ1n) is 3.71. The first-order chi connectivity index (χ1) is 4.57. The van der Waals surface area contributed by atoms with E-state index in [1.54, 1.807) is 6.92 Å². The molecule has 0 saturated heterocycles. The van der Waals surface area contributed by atoms with Gasteiger partial charge >= 0.3 is 0 Å². The van der Waals surface area contributed by atoms with Gasteiger partial charge in [-0.05, 0) is 19.3 Å². The van der Waals surface area contributed by atoms with Crippen LogP contribution < -0.4 is 0 Å². The molecule has 0 aliphatic carbocycles. The maximum absolute atomic E-state index is 10.4. The fourth-order valence-corrected chi connectivity index (χ4v) is 0.879. The van der Waals surface area contributed by atoms with Gasteiger partial charge in [-0.2, -0.15) is 0 Å². The average molecular weight is 144 g/mol. The normalized spacial score (nSPS) is 16.9. The molecule has 0 saturated carbocycles. The Balaban J connectivity index is 3.71. The number of aldehydes is 1. The molecule has 0 aromatic heterocycles. The van der Waals surface area contributed by atoms with E-state index >= 15 is 0 Å². The highest BCUT2D eigenvalue weighted by atomic mass is 16.3. The van der Waals surface area contributed by atoms with Crippen LogP contribution in [0.5, 0.6) is 0 Å². The van der Waals surface area contributed by atoms with Crippen molar-refractivity contribution in [2.75, 3.05) is 0 Å². The molecule has 0 fully saturated rings. The first kappa shape index (κ1) is 9.63. The van der Waals surface area contributed by atoms with Gasteiger partial charge in [0.1, 0.15) is 6.29 Å². The van der Waals surface area contributed by atoms with E-state index in [0.717, 1.165) is 6.29 Å². The van der Waals surface area contributed by atoms with Crippen molar-refractivity contribution in [1.29, 1.82) is 0 Å². The van der Waals surface area contributed by atoms with Crippen LogP contribution in [0.15, 0.2) is 0 Å².